The molecule has 2 aromatic carbocycles. The second-order valence-corrected chi connectivity index (χ2v) is 7.51. The van der Waals surface area contributed by atoms with Crippen molar-refractivity contribution >= 4 is 23.2 Å². The third kappa shape index (κ3) is 4.74. The Bertz CT molecular complexity index is 965. The number of fused-ring (bicyclic) bond motifs is 1. The van der Waals surface area contributed by atoms with Crippen molar-refractivity contribution in [3.8, 4) is 23.0 Å². The summed E-state index contributed by atoms with van der Waals surface area (Å²) in [5, 5.41) is 2.88. The van der Waals surface area contributed by atoms with Crippen LogP contribution in [0.4, 0.5) is 11.4 Å². The number of nitrogens with one attached hydrogen (secondary N) is 1. The molecule has 0 saturated carbocycles. The summed E-state index contributed by atoms with van der Waals surface area (Å²) in [5.74, 6) is 1.38. The molecular formula is C24H30N2O6. The van der Waals surface area contributed by atoms with E-state index in [1.54, 1.807) is 42.2 Å². The first-order valence-electron chi connectivity index (χ1n) is 10.7. The second-order valence-electron chi connectivity index (χ2n) is 7.51. The fourth-order valence-electron chi connectivity index (χ4n) is 3.65. The largest absolute Gasteiger partial charge is 0.493 e. The van der Waals surface area contributed by atoms with E-state index in [1.807, 2.05) is 0 Å². The summed E-state index contributed by atoms with van der Waals surface area (Å²) in [6.45, 7) is 4.48. The van der Waals surface area contributed by atoms with Gasteiger partial charge in [0.25, 0.3) is 11.8 Å². The summed E-state index contributed by atoms with van der Waals surface area (Å²) in [6.07, 6.45) is 2.46. The van der Waals surface area contributed by atoms with Crippen molar-refractivity contribution in [1.29, 1.82) is 0 Å². The average Bonchev–Trinajstić information content (AvgIpc) is 2.80. The Morgan fingerprint density at radius 1 is 1.06 bits per heavy atom. The third-order valence-corrected chi connectivity index (χ3v) is 5.34. The number of hydrogen-bond acceptors (Lipinski definition) is 6. The van der Waals surface area contributed by atoms with E-state index in [0.717, 1.165) is 19.3 Å². The number of benzene rings is 2. The van der Waals surface area contributed by atoms with Gasteiger partial charge in [-0.2, -0.15) is 0 Å². The fourth-order valence-corrected chi connectivity index (χ4v) is 3.65. The van der Waals surface area contributed by atoms with Gasteiger partial charge in [0, 0.05) is 17.8 Å². The van der Waals surface area contributed by atoms with Gasteiger partial charge in [0.15, 0.2) is 17.6 Å². The number of unbranched alkanes of at least 4 members (excludes halogenated alkanes) is 2. The number of hydrogen-bond donors (Lipinski definition) is 1. The maximum Gasteiger partial charge on any atom is 0.267 e. The van der Waals surface area contributed by atoms with Crippen molar-refractivity contribution in [3.05, 3.63) is 35.9 Å². The molecule has 172 valence electrons. The van der Waals surface area contributed by atoms with E-state index >= 15 is 0 Å². The molecule has 2 aromatic rings. The van der Waals surface area contributed by atoms with Crippen LogP contribution in [-0.4, -0.2) is 45.8 Å². The average molecular weight is 443 g/mol. The maximum atomic E-state index is 13.0. The first-order valence-corrected chi connectivity index (χ1v) is 10.7. The Balaban J connectivity index is 1.87. The van der Waals surface area contributed by atoms with Crippen LogP contribution in [-0.2, 0) is 4.79 Å². The molecule has 1 aliphatic rings. The van der Waals surface area contributed by atoms with Crippen LogP contribution in [0.15, 0.2) is 30.3 Å². The molecule has 8 nitrogen and oxygen atoms in total. The molecule has 0 spiro atoms. The van der Waals surface area contributed by atoms with Crippen LogP contribution in [0.3, 0.4) is 0 Å². The van der Waals surface area contributed by atoms with Crippen LogP contribution in [0.25, 0.3) is 0 Å². The molecular weight excluding hydrogens is 412 g/mol. The molecule has 8 heteroatoms. The van der Waals surface area contributed by atoms with Crippen molar-refractivity contribution in [1.82, 2.24) is 0 Å². The van der Waals surface area contributed by atoms with Gasteiger partial charge in [0.1, 0.15) is 5.75 Å². The molecule has 0 aromatic heterocycles. The molecule has 1 unspecified atom stereocenters. The van der Waals surface area contributed by atoms with Gasteiger partial charge < -0.3 is 29.2 Å². The van der Waals surface area contributed by atoms with Gasteiger partial charge in [-0.15, -0.1) is 0 Å². The van der Waals surface area contributed by atoms with Crippen LogP contribution in [0.1, 0.15) is 43.5 Å². The summed E-state index contributed by atoms with van der Waals surface area (Å²) in [7, 11) is 4.49. The monoisotopic (exact) mass is 442 g/mol. The number of methoxy groups -OCH3 is 3. The van der Waals surface area contributed by atoms with Gasteiger partial charge in [0.05, 0.1) is 27.0 Å². The lowest BCUT2D eigenvalue weighted by atomic mass is 10.1. The van der Waals surface area contributed by atoms with Gasteiger partial charge in [-0.25, -0.2) is 0 Å². The minimum atomic E-state index is -0.538. The van der Waals surface area contributed by atoms with Crippen molar-refractivity contribution < 1.29 is 28.5 Å². The Labute approximate surface area is 188 Å². The minimum Gasteiger partial charge on any atom is -0.493 e. The van der Waals surface area contributed by atoms with Crippen LogP contribution in [0.5, 0.6) is 23.0 Å². The number of nitrogens with zero attached hydrogens (tertiary/aromatic N) is 1. The summed E-state index contributed by atoms with van der Waals surface area (Å²) in [4.78, 5) is 27.4. The SMILES string of the molecule is CCCCCN1C(=O)C(C)Oc2ccc(NC(=O)c3cc(OC)c(OC)c(OC)c3)cc21. The lowest BCUT2D eigenvalue weighted by molar-refractivity contribution is -0.125. The minimum absolute atomic E-state index is 0.0818. The van der Waals surface area contributed by atoms with Gasteiger partial charge in [-0.05, 0) is 43.7 Å². The highest BCUT2D eigenvalue weighted by molar-refractivity contribution is 6.06. The third-order valence-electron chi connectivity index (χ3n) is 5.34. The fraction of sp³-hybridized carbons (Fsp3) is 0.417. The zero-order valence-corrected chi connectivity index (χ0v) is 19.2. The molecule has 1 aliphatic heterocycles. The molecule has 1 atom stereocenters. The molecule has 2 amide bonds. The number of amides is 2. The standard InChI is InChI=1S/C24H30N2O6/c1-6-7-8-11-26-18-14-17(9-10-19(18)32-15(2)24(26)28)25-23(27)16-12-20(29-3)22(31-5)21(13-16)30-4/h9-10,12-15H,6-8,11H2,1-5H3,(H,25,27). The van der Waals surface area contributed by atoms with Crippen LogP contribution >= 0.6 is 0 Å². The highest BCUT2D eigenvalue weighted by Crippen LogP contribution is 2.39. The molecule has 1 heterocycles. The molecule has 0 saturated heterocycles. The number of carbonyl (C=O) groups is 2. The topological polar surface area (TPSA) is 86.3 Å². The Kier molecular flexibility index (Phi) is 7.45. The van der Waals surface area contributed by atoms with E-state index in [1.165, 1.54) is 21.3 Å². The second kappa shape index (κ2) is 10.3. The molecule has 3 rings (SSSR count). The van der Waals surface area contributed by atoms with Crippen LogP contribution in [0, 0.1) is 0 Å². The predicted molar refractivity (Wildman–Crippen MR) is 122 cm³/mol. The molecule has 1 N–H and O–H groups in total. The number of ether oxygens (including phenoxy) is 4. The number of anilines is 2. The smallest absolute Gasteiger partial charge is 0.267 e. The van der Waals surface area contributed by atoms with E-state index in [4.69, 9.17) is 18.9 Å². The summed E-state index contributed by atoms with van der Waals surface area (Å²) in [6, 6.07) is 8.46. The summed E-state index contributed by atoms with van der Waals surface area (Å²) >= 11 is 0. The maximum absolute atomic E-state index is 13.0. The van der Waals surface area contributed by atoms with Crippen molar-refractivity contribution in [2.45, 2.75) is 39.2 Å². The molecule has 0 fully saturated rings. The lowest BCUT2D eigenvalue weighted by Gasteiger charge is -2.33. The van der Waals surface area contributed by atoms with Crippen LogP contribution in [0.2, 0.25) is 0 Å². The normalized spacial score (nSPS) is 15.0. The Hall–Kier alpha value is -3.42. The Morgan fingerprint density at radius 3 is 2.34 bits per heavy atom. The summed E-state index contributed by atoms with van der Waals surface area (Å²) in [5.41, 5.74) is 1.55. The van der Waals surface area contributed by atoms with E-state index in [-0.39, 0.29) is 11.8 Å². The lowest BCUT2D eigenvalue weighted by Crippen LogP contribution is -2.44. The van der Waals surface area contributed by atoms with Gasteiger partial charge in [-0.1, -0.05) is 19.8 Å². The molecule has 0 radical (unpaired) electrons. The van der Waals surface area contributed by atoms with E-state index in [9.17, 15) is 9.59 Å². The molecule has 0 aliphatic carbocycles. The van der Waals surface area contributed by atoms with Gasteiger partial charge >= 0.3 is 0 Å². The van der Waals surface area contributed by atoms with E-state index in [0.29, 0.717) is 46.5 Å². The van der Waals surface area contributed by atoms with E-state index in [2.05, 4.69) is 12.2 Å². The molecule has 0 bridgehead atoms. The number of rotatable bonds is 9. The van der Waals surface area contributed by atoms with Crippen molar-refractivity contribution in [3.63, 3.8) is 0 Å². The zero-order valence-electron chi connectivity index (χ0n) is 19.2. The van der Waals surface area contributed by atoms with Crippen molar-refractivity contribution in [2.75, 3.05) is 38.1 Å². The van der Waals surface area contributed by atoms with Gasteiger partial charge in [0.2, 0.25) is 5.75 Å². The summed E-state index contributed by atoms with van der Waals surface area (Å²) < 4.78 is 21.7. The first-order chi connectivity index (χ1) is 15.4. The first kappa shape index (κ1) is 23.2. The highest BCUT2D eigenvalue weighted by Gasteiger charge is 2.31. The quantitative estimate of drug-likeness (QED) is 0.584. The van der Waals surface area contributed by atoms with Gasteiger partial charge in [-0.3, -0.25) is 9.59 Å². The predicted octanol–water partition coefficient (Wildman–Crippen LogP) is 4.27. The zero-order chi connectivity index (χ0) is 23.3. The van der Waals surface area contributed by atoms with Crippen LogP contribution < -0.4 is 29.2 Å². The molecule has 32 heavy (non-hydrogen) atoms. The van der Waals surface area contributed by atoms with Crippen molar-refractivity contribution in [2.24, 2.45) is 0 Å². The number of carbonyl (C=O) groups excluding carboxylic acids is 2. The van der Waals surface area contributed by atoms with E-state index < -0.39 is 6.10 Å². The highest BCUT2D eigenvalue weighted by atomic mass is 16.5. The Morgan fingerprint density at radius 2 is 1.75 bits per heavy atom.